The fraction of sp³-hybridized carbons (Fsp3) is 0.368. The zero-order valence-electron chi connectivity index (χ0n) is 14.8. The smallest absolute Gasteiger partial charge is 0.410 e. The van der Waals surface area contributed by atoms with Crippen molar-refractivity contribution < 1.29 is 18.7 Å². The number of halogens is 2. The van der Waals surface area contributed by atoms with E-state index in [0.717, 1.165) is 11.3 Å². The highest BCUT2D eigenvalue weighted by atomic mass is 35.5. The SMILES string of the molecule is CC(C)(C)OC(=O)N1CCC=C(c2cc(Cl)c3cc(C=O)sc3c2F)C1. The molecule has 2 aromatic rings. The summed E-state index contributed by atoms with van der Waals surface area (Å²) < 4.78 is 20.8. The van der Waals surface area contributed by atoms with Gasteiger partial charge in [-0.1, -0.05) is 17.7 Å². The molecule has 0 radical (unpaired) electrons. The van der Waals surface area contributed by atoms with Crippen LogP contribution in [0.4, 0.5) is 9.18 Å². The van der Waals surface area contributed by atoms with Crippen LogP contribution in [0.15, 0.2) is 18.2 Å². The first kappa shape index (κ1) is 18.9. The van der Waals surface area contributed by atoms with Gasteiger partial charge in [0.15, 0.2) is 6.29 Å². The summed E-state index contributed by atoms with van der Waals surface area (Å²) in [5.41, 5.74) is 0.452. The minimum atomic E-state index is -0.589. The fourth-order valence-corrected chi connectivity index (χ4v) is 4.11. The molecule has 0 atom stereocenters. The van der Waals surface area contributed by atoms with E-state index in [9.17, 15) is 9.59 Å². The molecule has 0 saturated heterocycles. The number of benzene rings is 1. The molecule has 1 aromatic carbocycles. The number of thiophene rings is 1. The number of aldehydes is 1. The molecule has 1 aromatic heterocycles. The predicted octanol–water partition coefficient (Wildman–Crippen LogP) is 5.53. The lowest BCUT2D eigenvalue weighted by Crippen LogP contribution is -2.39. The normalized spacial score (nSPS) is 15.1. The van der Waals surface area contributed by atoms with Crippen molar-refractivity contribution in [3.63, 3.8) is 0 Å². The largest absolute Gasteiger partial charge is 0.444 e. The Bertz CT molecular complexity index is 914. The molecule has 3 rings (SSSR count). The number of carbonyl (C=O) groups is 2. The third-order valence-corrected chi connectivity index (χ3v) is 5.35. The fourth-order valence-electron chi connectivity index (χ4n) is 2.85. The van der Waals surface area contributed by atoms with Crippen LogP contribution in [0.25, 0.3) is 15.7 Å². The maximum absolute atomic E-state index is 15.0. The predicted molar refractivity (Wildman–Crippen MR) is 103 cm³/mol. The van der Waals surface area contributed by atoms with Gasteiger partial charge in [0.25, 0.3) is 0 Å². The van der Waals surface area contributed by atoms with Gasteiger partial charge in [0.2, 0.25) is 0 Å². The van der Waals surface area contributed by atoms with Crippen molar-refractivity contribution in [1.29, 1.82) is 0 Å². The number of ether oxygens (including phenoxy) is 1. The van der Waals surface area contributed by atoms with Crippen molar-refractivity contribution >= 4 is 51.0 Å². The molecule has 0 N–H and O–H groups in total. The Hall–Kier alpha value is -1.92. The Morgan fingerprint density at radius 2 is 2.12 bits per heavy atom. The monoisotopic (exact) mass is 395 g/mol. The summed E-state index contributed by atoms with van der Waals surface area (Å²) in [6.07, 6.45) is 2.78. The molecule has 0 aliphatic carbocycles. The molecule has 1 aliphatic heterocycles. The van der Waals surface area contributed by atoms with Gasteiger partial charge in [-0.05, 0) is 44.9 Å². The van der Waals surface area contributed by atoms with E-state index in [1.165, 1.54) is 0 Å². The number of amides is 1. The van der Waals surface area contributed by atoms with E-state index in [2.05, 4.69) is 0 Å². The van der Waals surface area contributed by atoms with Gasteiger partial charge in [-0.15, -0.1) is 11.3 Å². The highest BCUT2D eigenvalue weighted by Gasteiger charge is 2.26. The summed E-state index contributed by atoms with van der Waals surface area (Å²) in [5.74, 6) is -0.417. The lowest BCUT2D eigenvalue weighted by atomic mass is 10.00. The van der Waals surface area contributed by atoms with Crippen LogP contribution in [0.5, 0.6) is 0 Å². The Morgan fingerprint density at radius 1 is 1.38 bits per heavy atom. The first-order chi connectivity index (χ1) is 12.2. The van der Waals surface area contributed by atoms with E-state index in [0.29, 0.717) is 50.4 Å². The van der Waals surface area contributed by atoms with Crippen LogP contribution >= 0.6 is 22.9 Å². The third-order valence-electron chi connectivity index (χ3n) is 3.98. The second kappa shape index (κ2) is 7.00. The van der Waals surface area contributed by atoms with Gasteiger partial charge >= 0.3 is 6.09 Å². The summed E-state index contributed by atoms with van der Waals surface area (Å²) >= 11 is 7.37. The summed E-state index contributed by atoms with van der Waals surface area (Å²) in [6, 6.07) is 3.15. The van der Waals surface area contributed by atoms with E-state index in [1.807, 2.05) is 6.08 Å². The van der Waals surface area contributed by atoms with Gasteiger partial charge < -0.3 is 9.64 Å². The molecule has 0 fully saturated rings. The molecule has 1 aliphatic rings. The number of carbonyl (C=O) groups excluding carboxylic acids is 2. The number of hydrogen-bond donors (Lipinski definition) is 0. The quantitative estimate of drug-likeness (QED) is 0.628. The molecule has 0 bridgehead atoms. The first-order valence-electron chi connectivity index (χ1n) is 8.23. The minimum absolute atomic E-state index is 0.250. The number of nitrogens with zero attached hydrogens (tertiary/aromatic N) is 1. The molecule has 26 heavy (non-hydrogen) atoms. The average molecular weight is 396 g/mol. The van der Waals surface area contributed by atoms with Crippen LogP contribution < -0.4 is 0 Å². The molecule has 2 heterocycles. The van der Waals surface area contributed by atoms with Crippen LogP contribution in [0, 0.1) is 5.82 Å². The van der Waals surface area contributed by atoms with Crippen molar-refractivity contribution in [3.05, 3.63) is 39.5 Å². The van der Waals surface area contributed by atoms with Gasteiger partial charge in [-0.3, -0.25) is 4.79 Å². The standard InChI is InChI=1S/C19H19ClFNO3S/c1-19(2,3)25-18(24)22-6-4-5-11(9-22)13-8-15(20)14-7-12(10-23)26-17(14)16(13)21/h5,7-8,10H,4,6,9H2,1-3H3. The highest BCUT2D eigenvalue weighted by Crippen LogP contribution is 2.37. The lowest BCUT2D eigenvalue weighted by Gasteiger charge is -2.30. The zero-order chi connectivity index (χ0) is 19.1. The Balaban J connectivity index is 1.94. The van der Waals surface area contributed by atoms with E-state index in [1.54, 1.807) is 37.8 Å². The van der Waals surface area contributed by atoms with Crippen molar-refractivity contribution in [3.8, 4) is 0 Å². The van der Waals surface area contributed by atoms with Crippen LogP contribution in [0.1, 0.15) is 42.4 Å². The molecule has 138 valence electrons. The van der Waals surface area contributed by atoms with E-state index < -0.39 is 17.5 Å². The Kier molecular flexibility index (Phi) is 5.08. The van der Waals surface area contributed by atoms with Crippen molar-refractivity contribution in [2.45, 2.75) is 32.8 Å². The van der Waals surface area contributed by atoms with E-state index in [4.69, 9.17) is 16.3 Å². The van der Waals surface area contributed by atoms with Crippen LogP contribution in [0.3, 0.4) is 0 Å². The van der Waals surface area contributed by atoms with Crippen molar-refractivity contribution in [2.75, 3.05) is 13.1 Å². The summed E-state index contributed by atoms with van der Waals surface area (Å²) in [5, 5.41) is 0.913. The molecule has 0 saturated carbocycles. The van der Waals surface area contributed by atoms with Crippen LogP contribution in [-0.4, -0.2) is 36.0 Å². The van der Waals surface area contributed by atoms with Gasteiger partial charge in [0, 0.05) is 24.0 Å². The molecular formula is C19H19ClFNO3S. The van der Waals surface area contributed by atoms with Crippen LogP contribution in [-0.2, 0) is 4.74 Å². The number of rotatable bonds is 2. The lowest BCUT2D eigenvalue weighted by molar-refractivity contribution is 0.0273. The summed E-state index contributed by atoms with van der Waals surface area (Å²) in [4.78, 5) is 25.3. The van der Waals surface area contributed by atoms with Crippen molar-refractivity contribution in [2.24, 2.45) is 0 Å². The molecule has 0 spiro atoms. The van der Waals surface area contributed by atoms with Gasteiger partial charge in [-0.2, -0.15) is 0 Å². The maximum Gasteiger partial charge on any atom is 0.410 e. The van der Waals surface area contributed by atoms with Gasteiger partial charge in [0.1, 0.15) is 11.4 Å². The third kappa shape index (κ3) is 3.76. The summed E-state index contributed by atoms with van der Waals surface area (Å²) in [6.45, 7) is 6.19. The highest BCUT2D eigenvalue weighted by molar-refractivity contribution is 7.20. The molecule has 4 nitrogen and oxygen atoms in total. The summed E-state index contributed by atoms with van der Waals surface area (Å²) in [7, 11) is 0. The number of fused-ring (bicyclic) bond motifs is 1. The van der Waals surface area contributed by atoms with Gasteiger partial charge in [0.05, 0.1) is 14.6 Å². The van der Waals surface area contributed by atoms with Crippen LogP contribution in [0.2, 0.25) is 5.02 Å². The maximum atomic E-state index is 15.0. The Morgan fingerprint density at radius 3 is 2.77 bits per heavy atom. The van der Waals surface area contributed by atoms with Crippen molar-refractivity contribution in [1.82, 2.24) is 4.90 Å². The van der Waals surface area contributed by atoms with E-state index >= 15 is 4.39 Å². The molecule has 0 unspecified atom stereocenters. The second-order valence-corrected chi connectivity index (χ2v) is 8.64. The Labute approximate surface area is 160 Å². The van der Waals surface area contributed by atoms with E-state index in [-0.39, 0.29) is 6.54 Å². The topological polar surface area (TPSA) is 46.6 Å². The molecular weight excluding hydrogens is 377 g/mol. The first-order valence-corrected chi connectivity index (χ1v) is 9.43. The average Bonchev–Trinajstić information content (AvgIpc) is 3.02. The van der Waals surface area contributed by atoms with Gasteiger partial charge in [-0.25, -0.2) is 9.18 Å². The molecule has 1 amide bonds. The second-order valence-electron chi connectivity index (χ2n) is 7.15. The minimum Gasteiger partial charge on any atom is -0.444 e. The number of hydrogen-bond acceptors (Lipinski definition) is 4. The zero-order valence-corrected chi connectivity index (χ0v) is 16.3. The molecule has 7 heteroatoms.